The molecule has 0 saturated heterocycles. The van der Waals surface area contributed by atoms with E-state index in [-0.39, 0.29) is 41.3 Å². The van der Waals surface area contributed by atoms with Gasteiger partial charge >= 0.3 is 6.03 Å². The summed E-state index contributed by atoms with van der Waals surface area (Å²) in [7, 11) is 0. The number of anilines is 2. The van der Waals surface area contributed by atoms with Gasteiger partial charge in [0, 0.05) is 48.9 Å². The minimum absolute atomic E-state index is 0.00944. The fourth-order valence-electron chi connectivity index (χ4n) is 3.26. The highest BCUT2D eigenvalue weighted by Crippen LogP contribution is 2.31. The molecule has 2 aromatic rings. The van der Waals surface area contributed by atoms with Crippen LogP contribution in [0, 0.1) is 11.7 Å². The topological polar surface area (TPSA) is 92.3 Å². The van der Waals surface area contributed by atoms with Gasteiger partial charge in [-0.1, -0.05) is 12.1 Å². The maximum absolute atomic E-state index is 14.8. The second-order valence-electron chi connectivity index (χ2n) is 8.38. The van der Waals surface area contributed by atoms with Crippen molar-refractivity contribution in [2.75, 3.05) is 10.6 Å². The molecule has 2 aliphatic rings. The Morgan fingerprint density at radius 1 is 1.08 bits per heavy atom. The van der Waals surface area contributed by atoms with E-state index in [0.29, 0.717) is 6.92 Å². The number of urea groups is 1. The van der Waals surface area contributed by atoms with Crippen molar-refractivity contribution in [2.24, 2.45) is 5.92 Å². The Hall–Kier alpha value is -4.15. The lowest BCUT2D eigenvalue weighted by molar-refractivity contribution is -0.117. The van der Waals surface area contributed by atoms with Crippen LogP contribution in [0.4, 0.5) is 33.9 Å². The van der Waals surface area contributed by atoms with Gasteiger partial charge in [0.25, 0.3) is 5.92 Å². The first kappa shape index (κ1) is 25.0. The number of rotatable bonds is 7. The molecule has 1 saturated carbocycles. The van der Waals surface area contributed by atoms with Gasteiger partial charge in [-0.3, -0.25) is 4.79 Å². The van der Waals surface area contributed by atoms with Gasteiger partial charge in [0.2, 0.25) is 5.91 Å². The van der Waals surface area contributed by atoms with Gasteiger partial charge in [-0.15, -0.1) is 0 Å². The molecule has 0 atom stereocenters. The molecule has 1 aromatic carbocycles. The van der Waals surface area contributed by atoms with E-state index in [2.05, 4.69) is 20.9 Å². The van der Waals surface area contributed by atoms with Crippen LogP contribution in [-0.2, 0) is 10.7 Å². The van der Waals surface area contributed by atoms with Crippen LogP contribution in [0.25, 0.3) is 0 Å². The SMILES string of the molecule is CC(F)(F)c1ccc(F)c(NC(=O)NC2=CC(F)=C(Oc3ccnc(NC(=O)C4CC4)c3)CC=C2)c1. The Kier molecular flexibility index (Phi) is 7.09. The number of carbonyl (C=O) groups excluding carboxylic acids is 2. The van der Waals surface area contributed by atoms with Gasteiger partial charge in [0.05, 0.1) is 5.69 Å². The normalized spacial score (nSPS) is 15.6. The molecular formula is C25H22F4N4O3. The van der Waals surface area contributed by atoms with Crippen LogP contribution in [0.2, 0.25) is 0 Å². The summed E-state index contributed by atoms with van der Waals surface area (Å²) < 4.78 is 61.5. The number of pyridine rings is 1. The predicted molar refractivity (Wildman–Crippen MR) is 124 cm³/mol. The number of hydrogen-bond donors (Lipinski definition) is 3. The summed E-state index contributed by atoms with van der Waals surface area (Å²) in [6.07, 6.45) is 7.08. The van der Waals surface area contributed by atoms with E-state index in [1.165, 1.54) is 30.5 Å². The number of nitrogens with zero attached hydrogens (tertiary/aromatic N) is 1. The predicted octanol–water partition coefficient (Wildman–Crippen LogP) is 5.91. The third-order valence-corrected chi connectivity index (χ3v) is 5.30. The number of benzene rings is 1. The number of nitrogens with one attached hydrogen (secondary N) is 3. The van der Waals surface area contributed by atoms with E-state index >= 15 is 0 Å². The molecule has 4 rings (SSSR count). The first-order valence-electron chi connectivity index (χ1n) is 11.1. The first-order valence-corrected chi connectivity index (χ1v) is 11.1. The van der Waals surface area contributed by atoms with Crippen LogP contribution < -0.4 is 20.7 Å². The van der Waals surface area contributed by atoms with Crippen LogP contribution in [0.1, 0.15) is 31.7 Å². The average Bonchev–Trinajstić information content (AvgIpc) is 3.65. The molecule has 0 radical (unpaired) electrons. The minimum Gasteiger partial charge on any atom is -0.458 e. The first-order chi connectivity index (χ1) is 17.1. The molecule has 1 fully saturated rings. The van der Waals surface area contributed by atoms with Crippen LogP contribution in [0.5, 0.6) is 5.75 Å². The van der Waals surface area contributed by atoms with Crippen molar-refractivity contribution < 1.29 is 31.9 Å². The quantitative estimate of drug-likeness (QED) is 0.411. The van der Waals surface area contributed by atoms with Crippen molar-refractivity contribution in [2.45, 2.75) is 32.1 Å². The third kappa shape index (κ3) is 6.49. The Morgan fingerprint density at radius 3 is 2.58 bits per heavy atom. The van der Waals surface area contributed by atoms with E-state index in [9.17, 15) is 27.2 Å². The fourth-order valence-corrected chi connectivity index (χ4v) is 3.26. The Balaban J connectivity index is 1.42. The smallest absolute Gasteiger partial charge is 0.323 e. The number of amides is 3. The molecule has 2 aliphatic carbocycles. The third-order valence-electron chi connectivity index (χ3n) is 5.30. The highest BCUT2D eigenvalue weighted by atomic mass is 19.3. The van der Waals surface area contributed by atoms with Crippen molar-refractivity contribution in [3.63, 3.8) is 0 Å². The molecule has 11 heteroatoms. The van der Waals surface area contributed by atoms with Crippen molar-refractivity contribution in [3.05, 3.63) is 83.4 Å². The number of alkyl halides is 2. The molecule has 188 valence electrons. The largest absolute Gasteiger partial charge is 0.458 e. The number of carbonyl (C=O) groups is 2. The maximum Gasteiger partial charge on any atom is 0.323 e. The lowest BCUT2D eigenvalue weighted by Gasteiger charge is -2.14. The number of ether oxygens (including phenoxy) is 1. The van der Waals surface area contributed by atoms with Gasteiger partial charge in [0.15, 0.2) is 5.83 Å². The van der Waals surface area contributed by atoms with Crippen molar-refractivity contribution in [1.82, 2.24) is 10.3 Å². The Labute approximate surface area is 203 Å². The standard InChI is InChI=1S/C25H22F4N4O3/c1-25(28,29)15-7-8-18(26)20(11-15)32-24(35)31-16-3-2-4-21(19(27)12-16)36-17-9-10-30-22(13-17)33-23(34)14-5-6-14/h2-3,7-14H,4-6H2,1H3,(H,30,33,34)(H2,31,32,35). The van der Waals surface area contributed by atoms with E-state index in [0.717, 1.165) is 37.1 Å². The summed E-state index contributed by atoms with van der Waals surface area (Å²) in [6.45, 7) is 0.650. The van der Waals surface area contributed by atoms with Crippen LogP contribution in [0.15, 0.2) is 72.0 Å². The van der Waals surface area contributed by atoms with E-state index in [1.807, 2.05) is 0 Å². The summed E-state index contributed by atoms with van der Waals surface area (Å²) in [6, 6.07) is 4.58. The Morgan fingerprint density at radius 2 is 1.86 bits per heavy atom. The van der Waals surface area contributed by atoms with Crippen molar-refractivity contribution in [1.29, 1.82) is 0 Å². The second kappa shape index (κ2) is 10.2. The summed E-state index contributed by atoms with van der Waals surface area (Å²) in [5.41, 5.74) is -0.907. The molecule has 1 heterocycles. The zero-order valence-corrected chi connectivity index (χ0v) is 19.1. The fraction of sp³-hybridized carbons (Fsp3) is 0.240. The maximum atomic E-state index is 14.8. The molecule has 36 heavy (non-hydrogen) atoms. The molecule has 0 aliphatic heterocycles. The number of aromatic nitrogens is 1. The van der Waals surface area contributed by atoms with Gasteiger partial charge in [-0.25, -0.2) is 27.3 Å². The van der Waals surface area contributed by atoms with E-state index in [1.54, 1.807) is 0 Å². The number of allylic oxidation sites excluding steroid dienone is 4. The van der Waals surface area contributed by atoms with E-state index in [4.69, 9.17) is 4.74 Å². The molecule has 0 bridgehead atoms. The number of hydrogen-bond acceptors (Lipinski definition) is 4. The summed E-state index contributed by atoms with van der Waals surface area (Å²) in [4.78, 5) is 28.3. The number of halogens is 4. The van der Waals surface area contributed by atoms with Crippen LogP contribution in [-0.4, -0.2) is 16.9 Å². The van der Waals surface area contributed by atoms with Gasteiger partial charge in [0.1, 0.15) is 23.1 Å². The highest BCUT2D eigenvalue weighted by molar-refractivity contribution is 5.93. The molecule has 3 N–H and O–H groups in total. The molecule has 7 nitrogen and oxygen atoms in total. The minimum atomic E-state index is -3.23. The van der Waals surface area contributed by atoms with Gasteiger partial charge in [-0.05, 0) is 37.1 Å². The van der Waals surface area contributed by atoms with Gasteiger partial charge in [-0.2, -0.15) is 0 Å². The molecular weight excluding hydrogens is 480 g/mol. The average molecular weight is 502 g/mol. The molecule has 0 unspecified atom stereocenters. The monoisotopic (exact) mass is 502 g/mol. The van der Waals surface area contributed by atoms with Crippen LogP contribution in [0.3, 0.4) is 0 Å². The van der Waals surface area contributed by atoms with Crippen molar-refractivity contribution in [3.8, 4) is 5.75 Å². The summed E-state index contributed by atoms with van der Waals surface area (Å²) in [5, 5.41) is 7.16. The summed E-state index contributed by atoms with van der Waals surface area (Å²) >= 11 is 0. The van der Waals surface area contributed by atoms with Gasteiger partial charge < -0.3 is 20.7 Å². The highest BCUT2D eigenvalue weighted by Gasteiger charge is 2.30. The van der Waals surface area contributed by atoms with E-state index < -0.39 is 34.8 Å². The summed E-state index contributed by atoms with van der Waals surface area (Å²) in [5.74, 6) is -4.58. The zero-order chi connectivity index (χ0) is 25.9. The zero-order valence-electron chi connectivity index (χ0n) is 19.1. The molecule has 0 spiro atoms. The molecule has 1 aromatic heterocycles. The lowest BCUT2D eigenvalue weighted by atomic mass is 10.1. The Bertz CT molecular complexity index is 1280. The second-order valence-corrected chi connectivity index (χ2v) is 8.38. The molecule has 3 amide bonds. The van der Waals surface area contributed by atoms with Crippen LogP contribution >= 0.6 is 0 Å². The van der Waals surface area contributed by atoms with Crippen molar-refractivity contribution >= 4 is 23.4 Å². The lowest BCUT2D eigenvalue weighted by Crippen LogP contribution is -2.28.